The minimum atomic E-state index is -0.433. The molecule has 4 heteroatoms. The molecule has 0 heterocycles. The number of ether oxygens (including phenoxy) is 1. The third kappa shape index (κ3) is 3.02. The van der Waals surface area contributed by atoms with Crippen molar-refractivity contribution in [1.82, 2.24) is 5.32 Å². The Morgan fingerprint density at radius 3 is 2.62 bits per heavy atom. The highest BCUT2D eigenvalue weighted by atomic mass is 16.5. The van der Waals surface area contributed by atoms with Crippen LogP contribution in [-0.2, 0) is 11.3 Å². The average molecular weight is 180 g/mol. The standard InChI is InChI=1S/C9H12N2O2/c1-11-9(12)13-6-7-2-4-8(10)5-3-7/h2-5H,6,10H2,1H3,(H,11,12). The van der Waals surface area contributed by atoms with Crippen LogP contribution < -0.4 is 11.1 Å². The molecule has 0 atom stereocenters. The summed E-state index contributed by atoms with van der Waals surface area (Å²) in [6.07, 6.45) is -0.433. The van der Waals surface area contributed by atoms with Crippen LogP contribution >= 0.6 is 0 Å². The molecule has 4 nitrogen and oxygen atoms in total. The maximum absolute atomic E-state index is 10.7. The van der Waals surface area contributed by atoms with Crippen LogP contribution in [0.3, 0.4) is 0 Å². The lowest BCUT2D eigenvalue weighted by molar-refractivity contribution is 0.142. The number of nitrogens with one attached hydrogen (secondary N) is 1. The van der Waals surface area contributed by atoms with Crippen molar-refractivity contribution in [3.63, 3.8) is 0 Å². The molecule has 13 heavy (non-hydrogen) atoms. The van der Waals surface area contributed by atoms with E-state index in [1.807, 2.05) is 12.1 Å². The van der Waals surface area contributed by atoms with Crippen molar-refractivity contribution < 1.29 is 9.53 Å². The Balaban J connectivity index is 2.46. The molecule has 0 saturated carbocycles. The van der Waals surface area contributed by atoms with Gasteiger partial charge in [-0.15, -0.1) is 0 Å². The Hall–Kier alpha value is -1.71. The van der Waals surface area contributed by atoms with E-state index in [1.54, 1.807) is 12.1 Å². The minimum Gasteiger partial charge on any atom is -0.445 e. The number of rotatable bonds is 2. The van der Waals surface area contributed by atoms with Crippen LogP contribution in [0.4, 0.5) is 10.5 Å². The number of alkyl carbamates (subject to hydrolysis) is 1. The number of nitrogen functional groups attached to an aromatic ring is 1. The molecule has 1 aromatic rings. The number of nitrogens with two attached hydrogens (primary N) is 1. The first kappa shape index (κ1) is 9.38. The van der Waals surface area contributed by atoms with Crippen molar-refractivity contribution >= 4 is 11.8 Å². The molecule has 70 valence electrons. The van der Waals surface area contributed by atoms with Gasteiger partial charge in [0.05, 0.1) is 0 Å². The predicted molar refractivity (Wildman–Crippen MR) is 50.1 cm³/mol. The summed E-state index contributed by atoms with van der Waals surface area (Å²) in [6, 6.07) is 7.17. The van der Waals surface area contributed by atoms with E-state index in [0.717, 1.165) is 5.56 Å². The molecule has 3 N–H and O–H groups in total. The third-order valence-electron chi connectivity index (χ3n) is 1.55. The largest absolute Gasteiger partial charge is 0.445 e. The van der Waals surface area contributed by atoms with Gasteiger partial charge in [-0.25, -0.2) is 4.79 Å². The highest BCUT2D eigenvalue weighted by Gasteiger charge is 1.98. The van der Waals surface area contributed by atoms with Gasteiger partial charge in [0, 0.05) is 12.7 Å². The second-order valence-corrected chi connectivity index (χ2v) is 2.57. The summed E-state index contributed by atoms with van der Waals surface area (Å²) in [4.78, 5) is 10.7. The van der Waals surface area contributed by atoms with E-state index in [1.165, 1.54) is 7.05 Å². The summed E-state index contributed by atoms with van der Waals surface area (Å²) >= 11 is 0. The Morgan fingerprint density at radius 2 is 2.08 bits per heavy atom. The Kier molecular flexibility index (Phi) is 3.14. The number of benzene rings is 1. The Labute approximate surface area is 76.7 Å². The molecule has 0 aromatic heterocycles. The Bertz CT molecular complexity index is 282. The average Bonchev–Trinajstić information content (AvgIpc) is 2.16. The topological polar surface area (TPSA) is 64.3 Å². The summed E-state index contributed by atoms with van der Waals surface area (Å²) in [7, 11) is 1.52. The van der Waals surface area contributed by atoms with Gasteiger partial charge in [-0.1, -0.05) is 12.1 Å². The zero-order valence-electron chi connectivity index (χ0n) is 7.41. The first-order chi connectivity index (χ1) is 6.22. The number of hydrogen-bond donors (Lipinski definition) is 2. The van der Waals surface area contributed by atoms with Crippen molar-refractivity contribution in [2.24, 2.45) is 0 Å². The maximum Gasteiger partial charge on any atom is 0.407 e. The normalized spacial score (nSPS) is 9.31. The van der Waals surface area contributed by atoms with Crippen molar-refractivity contribution in [2.75, 3.05) is 12.8 Å². The summed E-state index contributed by atoms with van der Waals surface area (Å²) in [5, 5.41) is 2.36. The molecular formula is C9H12N2O2. The van der Waals surface area contributed by atoms with Gasteiger partial charge in [-0.3, -0.25) is 0 Å². The van der Waals surface area contributed by atoms with E-state index < -0.39 is 6.09 Å². The zero-order chi connectivity index (χ0) is 9.68. The fraction of sp³-hybridized carbons (Fsp3) is 0.222. The number of amides is 1. The lowest BCUT2D eigenvalue weighted by Gasteiger charge is -2.03. The highest BCUT2D eigenvalue weighted by Crippen LogP contribution is 2.06. The van der Waals surface area contributed by atoms with Gasteiger partial charge in [0.25, 0.3) is 0 Å². The quantitative estimate of drug-likeness (QED) is 0.670. The smallest absolute Gasteiger partial charge is 0.407 e. The van der Waals surface area contributed by atoms with Gasteiger partial charge in [0.15, 0.2) is 0 Å². The van der Waals surface area contributed by atoms with Gasteiger partial charge < -0.3 is 15.8 Å². The van der Waals surface area contributed by atoms with Crippen LogP contribution in [-0.4, -0.2) is 13.1 Å². The van der Waals surface area contributed by atoms with E-state index in [4.69, 9.17) is 10.5 Å². The van der Waals surface area contributed by atoms with Crippen LogP contribution in [0.15, 0.2) is 24.3 Å². The molecule has 0 unspecified atom stereocenters. The second-order valence-electron chi connectivity index (χ2n) is 2.57. The predicted octanol–water partition coefficient (Wildman–Crippen LogP) is 1.12. The number of carbonyl (C=O) groups excluding carboxylic acids is 1. The molecule has 0 saturated heterocycles. The number of hydrogen-bond acceptors (Lipinski definition) is 3. The maximum atomic E-state index is 10.7. The monoisotopic (exact) mass is 180 g/mol. The third-order valence-corrected chi connectivity index (χ3v) is 1.55. The summed E-state index contributed by atoms with van der Waals surface area (Å²) in [6.45, 7) is 0.264. The van der Waals surface area contributed by atoms with Crippen molar-refractivity contribution in [3.05, 3.63) is 29.8 Å². The first-order valence-electron chi connectivity index (χ1n) is 3.91. The van der Waals surface area contributed by atoms with Gasteiger partial charge in [0.1, 0.15) is 6.61 Å². The van der Waals surface area contributed by atoms with Crippen LogP contribution in [0, 0.1) is 0 Å². The van der Waals surface area contributed by atoms with Crippen LogP contribution in [0.25, 0.3) is 0 Å². The molecule has 0 bridgehead atoms. The molecule has 1 aromatic carbocycles. The second kappa shape index (κ2) is 4.35. The number of anilines is 1. The van der Waals surface area contributed by atoms with Gasteiger partial charge in [-0.05, 0) is 17.7 Å². The first-order valence-corrected chi connectivity index (χ1v) is 3.91. The summed E-state index contributed by atoms with van der Waals surface area (Å²) in [5.41, 5.74) is 7.10. The van der Waals surface area contributed by atoms with Crippen LogP contribution in [0.5, 0.6) is 0 Å². The molecule has 0 aliphatic rings. The van der Waals surface area contributed by atoms with Crippen LogP contribution in [0.2, 0.25) is 0 Å². The van der Waals surface area contributed by atoms with Crippen molar-refractivity contribution in [1.29, 1.82) is 0 Å². The molecule has 1 amide bonds. The van der Waals surface area contributed by atoms with E-state index >= 15 is 0 Å². The lowest BCUT2D eigenvalue weighted by Crippen LogP contribution is -2.18. The zero-order valence-corrected chi connectivity index (χ0v) is 7.41. The van der Waals surface area contributed by atoms with Gasteiger partial charge in [-0.2, -0.15) is 0 Å². The van der Waals surface area contributed by atoms with Crippen LogP contribution in [0.1, 0.15) is 5.56 Å². The van der Waals surface area contributed by atoms with Gasteiger partial charge >= 0.3 is 6.09 Å². The summed E-state index contributed by atoms with van der Waals surface area (Å²) < 4.78 is 4.83. The SMILES string of the molecule is CNC(=O)OCc1ccc(N)cc1. The molecule has 0 fully saturated rings. The van der Waals surface area contributed by atoms with Crippen molar-refractivity contribution in [3.8, 4) is 0 Å². The summed E-state index contributed by atoms with van der Waals surface area (Å²) in [5.74, 6) is 0. The fourth-order valence-electron chi connectivity index (χ4n) is 0.835. The molecule has 0 aliphatic carbocycles. The molecule has 0 aliphatic heterocycles. The van der Waals surface area contributed by atoms with E-state index in [0.29, 0.717) is 5.69 Å². The van der Waals surface area contributed by atoms with Crippen molar-refractivity contribution in [2.45, 2.75) is 6.61 Å². The van der Waals surface area contributed by atoms with E-state index in [9.17, 15) is 4.79 Å². The molecule has 0 radical (unpaired) electrons. The fourth-order valence-corrected chi connectivity index (χ4v) is 0.835. The molecule has 1 rings (SSSR count). The molecular weight excluding hydrogens is 168 g/mol. The number of carbonyl (C=O) groups is 1. The minimum absolute atomic E-state index is 0.264. The van der Waals surface area contributed by atoms with E-state index in [2.05, 4.69) is 5.32 Å². The molecule has 0 spiro atoms. The highest BCUT2D eigenvalue weighted by molar-refractivity contribution is 5.66. The Morgan fingerprint density at radius 1 is 1.46 bits per heavy atom. The lowest BCUT2D eigenvalue weighted by atomic mass is 10.2. The van der Waals surface area contributed by atoms with E-state index in [-0.39, 0.29) is 6.61 Å². The van der Waals surface area contributed by atoms with Gasteiger partial charge in [0.2, 0.25) is 0 Å².